The molecule has 1 saturated heterocycles. The number of piperidine rings is 1. The SMILES string of the molecule is COC(=O)c1ccc(C2CCN(C(=O)c3cc(NC(=O)c4nc(C5CC5)sc4-c4cccnc4)ccc3Cl)CC2)cc1. The van der Waals surface area contributed by atoms with E-state index in [1.165, 1.54) is 18.4 Å². The molecule has 10 heteroatoms. The number of thiazole rings is 1. The molecule has 42 heavy (non-hydrogen) atoms. The molecule has 4 aromatic rings. The predicted molar refractivity (Wildman–Crippen MR) is 162 cm³/mol. The maximum Gasteiger partial charge on any atom is 0.337 e. The first kappa shape index (κ1) is 28.1. The molecule has 1 N–H and O–H groups in total. The van der Waals surface area contributed by atoms with Gasteiger partial charge in [0.2, 0.25) is 0 Å². The van der Waals surface area contributed by atoms with Gasteiger partial charge in [-0.05, 0) is 73.6 Å². The molecule has 3 heterocycles. The van der Waals surface area contributed by atoms with Crippen LogP contribution in [0.25, 0.3) is 10.4 Å². The number of pyridine rings is 1. The zero-order valence-corrected chi connectivity index (χ0v) is 24.6. The van der Waals surface area contributed by atoms with Crippen molar-refractivity contribution in [2.24, 2.45) is 0 Å². The van der Waals surface area contributed by atoms with Gasteiger partial charge in [0.05, 0.1) is 33.1 Å². The summed E-state index contributed by atoms with van der Waals surface area (Å²) in [7, 11) is 1.36. The van der Waals surface area contributed by atoms with Gasteiger partial charge in [0, 0.05) is 42.7 Å². The Kier molecular flexibility index (Phi) is 8.04. The van der Waals surface area contributed by atoms with Crippen LogP contribution in [0.4, 0.5) is 5.69 Å². The summed E-state index contributed by atoms with van der Waals surface area (Å²) in [5, 5.41) is 4.23. The molecule has 2 fully saturated rings. The second-order valence-electron chi connectivity index (χ2n) is 10.6. The lowest BCUT2D eigenvalue weighted by atomic mass is 9.88. The molecule has 1 saturated carbocycles. The fourth-order valence-corrected chi connectivity index (χ4v) is 6.66. The van der Waals surface area contributed by atoms with Gasteiger partial charge in [-0.15, -0.1) is 11.3 Å². The minimum Gasteiger partial charge on any atom is -0.465 e. The number of esters is 1. The lowest BCUT2D eigenvalue weighted by Gasteiger charge is -2.32. The lowest BCUT2D eigenvalue weighted by molar-refractivity contribution is 0.0599. The van der Waals surface area contributed by atoms with Crippen LogP contribution in [0.15, 0.2) is 67.0 Å². The van der Waals surface area contributed by atoms with E-state index in [2.05, 4.69) is 10.3 Å². The number of ether oxygens (including phenoxy) is 1. The average Bonchev–Trinajstić information content (AvgIpc) is 3.79. The summed E-state index contributed by atoms with van der Waals surface area (Å²) in [6.07, 6.45) is 7.19. The van der Waals surface area contributed by atoms with Crippen LogP contribution in [0.3, 0.4) is 0 Å². The Morgan fingerprint density at radius 1 is 1.00 bits per heavy atom. The molecule has 214 valence electrons. The number of anilines is 1. The zero-order valence-electron chi connectivity index (χ0n) is 23.0. The van der Waals surface area contributed by atoms with Crippen molar-refractivity contribution in [1.29, 1.82) is 0 Å². The van der Waals surface area contributed by atoms with E-state index in [4.69, 9.17) is 21.3 Å². The highest BCUT2D eigenvalue weighted by Crippen LogP contribution is 2.45. The molecule has 2 aromatic heterocycles. The highest BCUT2D eigenvalue weighted by Gasteiger charge is 2.31. The van der Waals surface area contributed by atoms with E-state index in [0.717, 1.165) is 46.7 Å². The molecule has 8 nitrogen and oxygen atoms in total. The van der Waals surface area contributed by atoms with Crippen molar-refractivity contribution in [2.75, 3.05) is 25.5 Å². The van der Waals surface area contributed by atoms with E-state index in [9.17, 15) is 14.4 Å². The molecule has 2 amide bonds. The first-order valence-corrected chi connectivity index (χ1v) is 15.1. The Morgan fingerprint density at radius 3 is 2.43 bits per heavy atom. The molecule has 1 aliphatic carbocycles. The van der Waals surface area contributed by atoms with E-state index in [0.29, 0.717) is 46.5 Å². The smallest absolute Gasteiger partial charge is 0.337 e. The summed E-state index contributed by atoms with van der Waals surface area (Å²) < 4.78 is 4.78. The Hall–Kier alpha value is -4.08. The van der Waals surface area contributed by atoms with E-state index < -0.39 is 0 Å². The standard InChI is InChI=1S/C32H29ClN4O4S/c1-41-32(40)22-8-4-19(5-9-22)20-12-15-37(16-13-20)31(39)25-17-24(10-11-26(25)33)35-29(38)27-28(23-3-2-14-34-18-23)42-30(36-27)21-6-7-21/h2-5,8-11,14,17-18,20-21H,6-7,12-13,15-16H2,1H3,(H,35,38). The minimum atomic E-state index is -0.360. The number of nitrogens with one attached hydrogen (secondary N) is 1. The van der Waals surface area contributed by atoms with Crippen LogP contribution in [0, 0.1) is 0 Å². The number of nitrogens with zero attached hydrogens (tertiary/aromatic N) is 3. The van der Waals surface area contributed by atoms with Crippen molar-refractivity contribution in [3.05, 3.63) is 99.4 Å². The van der Waals surface area contributed by atoms with Gasteiger partial charge in [-0.2, -0.15) is 0 Å². The number of hydrogen-bond acceptors (Lipinski definition) is 7. The molecule has 0 unspecified atom stereocenters. The van der Waals surface area contributed by atoms with Crippen LogP contribution < -0.4 is 5.32 Å². The van der Waals surface area contributed by atoms with Crippen molar-refractivity contribution in [2.45, 2.75) is 37.5 Å². The predicted octanol–water partition coefficient (Wildman–Crippen LogP) is 6.79. The maximum absolute atomic E-state index is 13.5. The van der Waals surface area contributed by atoms with Crippen molar-refractivity contribution in [1.82, 2.24) is 14.9 Å². The van der Waals surface area contributed by atoms with Gasteiger partial charge in [0.15, 0.2) is 0 Å². The van der Waals surface area contributed by atoms with Crippen molar-refractivity contribution in [3.63, 3.8) is 0 Å². The second-order valence-corrected chi connectivity index (χ2v) is 12.0. The number of aromatic nitrogens is 2. The first-order valence-electron chi connectivity index (χ1n) is 13.9. The summed E-state index contributed by atoms with van der Waals surface area (Å²) in [5.74, 6) is -0.168. The molecule has 1 aliphatic heterocycles. The van der Waals surface area contributed by atoms with Crippen molar-refractivity contribution >= 4 is 46.4 Å². The summed E-state index contributed by atoms with van der Waals surface area (Å²) in [4.78, 5) is 50.2. The van der Waals surface area contributed by atoms with Gasteiger partial charge < -0.3 is 15.0 Å². The fraction of sp³-hybridized carbons (Fsp3) is 0.281. The third kappa shape index (κ3) is 5.93. The minimum absolute atomic E-state index is 0.170. The fourth-order valence-electron chi connectivity index (χ4n) is 5.24. The molecule has 6 rings (SSSR count). The van der Waals surface area contributed by atoms with Crippen molar-refractivity contribution in [3.8, 4) is 10.4 Å². The molecule has 0 bridgehead atoms. The van der Waals surface area contributed by atoms with Crippen LogP contribution in [0.1, 0.15) is 79.3 Å². The number of halogens is 1. The average molecular weight is 601 g/mol. The molecule has 0 atom stereocenters. The normalized spacial score (nSPS) is 15.3. The molecular formula is C32H29ClN4O4S. The Morgan fingerprint density at radius 2 is 1.76 bits per heavy atom. The van der Waals surface area contributed by atoms with Crippen LogP contribution in [0.2, 0.25) is 5.02 Å². The van der Waals surface area contributed by atoms with Crippen LogP contribution in [-0.2, 0) is 4.74 Å². The molecule has 0 spiro atoms. The topological polar surface area (TPSA) is 101 Å². The number of rotatable bonds is 7. The number of carbonyl (C=O) groups is 3. The molecule has 0 radical (unpaired) electrons. The number of carbonyl (C=O) groups excluding carboxylic acids is 3. The Labute approximate surface area is 252 Å². The summed E-state index contributed by atoms with van der Waals surface area (Å²) in [6.45, 7) is 1.15. The molecular weight excluding hydrogens is 572 g/mol. The van der Waals surface area contributed by atoms with E-state index >= 15 is 0 Å². The van der Waals surface area contributed by atoms with E-state index in [-0.39, 0.29) is 23.7 Å². The van der Waals surface area contributed by atoms with Crippen LogP contribution in [0.5, 0.6) is 0 Å². The van der Waals surface area contributed by atoms with Crippen LogP contribution >= 0.6 is 22.9 Å². The highest BCUT2D eigenvalue weighted by atomic mass is 35.5. The highest BCUT2D eigenvalue weighted by molar-refractivity contribution is 7.15. The molecule has 2 aromatic carbocycles. The molecule has 2 aliphatic rings. The monoisotopic (exact) mass is 600 g/mol. The quantitative estimate of drug-likeness (QED) is 0.234. The second kappa shape index (κ2) is 12.0. The number of methoxy groups -OCH3 is 1. The maximum atomic E-state index is 13.5. The van der Waals surface area contributed by atoms with Crippen LogP contribution in [-0.4, -0.2) is 52.9 Å². The van der Waals surface area contributed by atoms with Crippen molar-refractivity contribution < 1.29 is 19.1 Å². The third-order valence-corrected chi connectivity index (χ3v) is 9.35. The van der Waals surface area contributed by atoms with Gasteiger partial charge >= 0.3 is 5.97 Å². The summed E-state index contributed by atoms with van der Waals surface area (Å²) >= 11 is 8.01. The lowest BCUT2D eigenvalue weighted by Crippen LogP contribution is -2.38. The Balaban J connectivity index is 1.14. The van der Waals surface area contributed by atoms with E-state index in [1.54, 1.807) is 47.6 Å². The van der Waals surface area contributed by atoms with Gasteiger partial charge in [0.25, 0.3) is 11.8 Å². The van der Waals surface area contributed by atoms with Gasteiger partial charge in [-0.1, -0.05) is 29.8 Å². The number of benzene rings is 2. The third-order valence-electron chi connectivity index (χ3n) is 7.75. The number of likely N-dealkylation sites (tertiary alicyclic amines) is 1. The Bertz CT molecular complexity index is 1630. The van der Waals surface area contributed by atoms with Gasteiger partial charge in [-0.3, -0.25) is 14.6 Å². The zero-order chi connectivity index (χ0) is 29.2. The summed E-state index contributed by atoms with van der Waals surface area (Å²) in [5.41, 5.74) is 3.68. The van der Waals surface area contributed by atoms with Gasteiger partial charge in [0.1, 0.15) is 5.69 Å². The summed E-state index contributed by atoms with van der Waals surface area (Å²) in [6, 6.07) is 16.2. The number of hydrogen-bond donors (Lipinski definition) is 1. The largest absolute Gasteiger partial charge is 0.465 e. The van der Waals surface area contributed by atoms with E-state index in [1.807, 2.05) is 24.3 Å². The van der Waals surface area contributed by atoms with Gasteiger partial charge in [-0.25, -0.2) is 9.78 Å². The number of amides is 2. The first-order chi connectivity index (χ1) is 20.4.